The third kappa shape index (κ3) is 2.64. The Labute approximate surface area is 105 Å². The van der Waals surface area contributed by atoms with Gasteiger partial charge in [-0.25, -0.2) is 0 Å². The lowest BCUT2D eigenvalue weighted by molar-refractivity contribution is 1.14. The zero-order valence-electron chi connectivity index (χ0n) is 9.20. The number of benzene rings is 2. The molecule has 2 aromatic carbocycles. The van der Waals surface area contributed by atoms with Gasteiger partial charge < -0.3 is 5.32 Å². The molecule has 0 bridgehead atoms. The van der Waals surface area contributed by atoms with Crippen LogP contribution in [0.3, 0.4) is 0 Å². The van der Waals surface area contributed by atoms with Gasteiger partial charge in [0.25, 0.3) is 0 Å². The quantitative estimate of drug-likeness (QED) is 0.877. The van der Waals surface area contributed by atoms with E-state index < -0.39 is 0 Å². The molecule has 0 radical (unpaired) electrons. The topological polar surface area (TPSA) is 12.0 Å². The van der Waals surface area contributed by atoms with Crippen molar-refractivity contribution in [1.29, 1.82) is 0 Å². The number of hydrogen-bond donors (Lipinski definition) is 1. The highest BCUT2D eigenvalue weighted by Crippen LogP contribution is 2.26. The Kier molecular flexibility index (Phi) is 3.62. The minimum Gasteiger partial charge on any atom is -0.380 e. The zero-order valence-corrected chi connectivity index (χ0v) is 10.8. The maximum Gasteiger partial charge on any atom is 0.0516 e. The van der Waals surface area contributed by atoms with Gasteiger partial charge in [0.15, 0.2) is 0 Å². The molecule has 0 heterocycles. The molecule has 0 saturated heterocycles. The van der Waals surface area contributed by atoms with Crippen molar-refractivity contribution in [2.24, 2.45) is 0 Å². The minimum atomic E-state index is 0.851. The fourth-order valence-electron chi connectivity index (χ4n) is 1.64. The van der Waals surface area contributed by atoms with Gasteiger partial charge in [-0.2, -0.15) is 0 Å². The molecule has 0 aromatic heterocycles. The van der Waals surface area contributed by atoms with Crippen molar-refractivity contribution in [3.8, 4) is 0 Å². The van der Waals surface area contributed by atoms with Crippen molar-refractivity contribution in [1.82, 2.24) is 0 Å². The van der Waals surface area contributed by atoms with Gasteiger partial charge in [0.05, 0.1) is 5.69 Å². The van der Waals surface area contributed by atoms with Crippen LogP contribution in [-0.2, 0) is 6.54 Å². The standard InChI is InChI=1S/C14H14BrN/c1-11-6-5-9-13(15)14(11)16-10-12-7-3-2-4-8-12/h2-9,16H,10H2,1H3. The van der Waals surface area contributed by atoms with E-state index in [1.54, 1.807) is 0 Å². The molecule has 0 aliphatic rings. The van der Waals surface area contributed by atoms with Gasteiger partial charge in [-0.3, -0.25) is 0 Å². The monoisotopic (exact) mass is 275 g/mol. The summed E-state index contributed by atoms with van der Waals surface area (Å²) in [7, 11) is 0. The number of para-hydroxylation sites is 1. The number of rotatable bonds is 3. The summed E-state index contributed by atoms with van der Waals surface area (Å²) in [5.74, 6) is 0. The average molecular weight is 276 g/mol. The molecule has 1 nitrogen and oxygen atoms in total. The molecule has 0 saturated carbocycles. The predicted octanol–water partition coefficient (Wildman–Crippen LogP) is 4.37. The Bertz CT molecular complexity index is 445. The molecule has 2 aromatic rings. The van der Waals surface area contributed by atoms with Crippen LogP contribution in [0.1, 0.15) is 11.1 Å². The second-order valence-corrected chi connectivity index (χ2v) is 4.63. The molecule has 0 atom stereocenters. The summed E-state index contributed by atoms with van der Waals surface area (Å²) in [5.41, 5.74) is 3.72. The maximum atomic E-state index is 3.56. The Morgan fingerprint density at radius 1 is 1.00 bits per heavy atom. The number of hydrogen-bond acceptors (Lipinski definition) is 1. The Hall–Kier alpha value is -1.28. The zero-order chi connectivity index (χ0) is 11.4. The molecule has 0 fully saturated rings. The van der Waals surface area contributed by atoms with Gasteiger partial charge in [-0.1, -0.05) is 42.5 Å². The van der Waals surface area contributed by atoms with Crippen LogP contribution in [0.15, 0.2) is 53.0 Å². The van der Waals surface area contributed by atoms with E-state index in [9.17, 15) is 0 Å². The van der Waals surface area contributed by atoms with Crippen LogP contribution >= 0.6 is 15.9 Å². The van der Waals surface area contributed by atoms with E-state index in [-0.39, 0.29) is 0 Å². The normalized spacial score (nSPS) is 10.1. The summed E-state index contributed by atoms with van der Waals surface area (Å²) in [6.45, 7) is 2.96. The van der Waals surface area contributed by atoms with Crippen molar-refractivity contribution in [3.63, 3.8) is 0 Å². The third-order valence-electron chi connectivity index (χ3n) is 2.53. The summed E-state index contributed by atoms with van der Waals surface area (Å²) in [6.07, 6.45) is 0. The van der Waals surface area contributed by atoms with E-state index in [1.165, 1.54) is 16.8 Å². The van der Waals surface area contributed by atoms with Gasteiger partial charge in [-0.15, -0.1) is 0 Å². The highest BCUT2D eigenvalue weighted by molar-refractivity contribution is 9.10. The van der Waals surface area contributed by atoms with Crippen LogP contribution < -0.4 is 5.32 Å². The molecular weight excluding hydrogens is 262 g/mol. The molecule has 1 N–H and O–H groups in total. The first-order valence-electron chi connectivity index (χ1n) is 5.30. The first-order chi connectivity index (χ1) is 7.77. The molecule has 16 heavy (non-hydrogen) atoms. The van der Waals surface area contributed by atoms with E-state index in [4.69, 9.17) is 0 Å². The van der Waals surface area contributed by atoms with Gasteiger partial charge in [-0.05, 0) is 40.0 Å². The molecule has 0 aliphatic carbocycles. The largest absolute Gasteiger partial charge is 0.380 e. The lowest BCUT2D eigenvalue weighted by Crippen LogP contribution is -2.01. The first-order valence-corrected chi connectivity index (χ1v) is 6.09. The van der Waals surface area contributed by atoms with Crippen LogP contribution in [-0.4, -0.2) is 0 Å². The van der Waals surface area contributed by atoms with E-state index in [0.717, 1.165) is 11.0 Å². The maximum absolute atomic E-state index is 3.56. The number of aryl methyl sites for hydroxylation is 1. The van der Waals surface area contributed by atoms with Gasteiger partial charge in [0.1, 0.15) is 0 Å². The second kappa shape index (κ2) is 5.17. The van der Waals surface area contributed by atoms with Gasteiger partial charge in [0, 0.05) is 11.0 Å². The summed E-state index contributed by atoms with van der Waals surface area (Å²) in [4.78, 5) is 0. The average Bonchev–Trinajstić information content (AvgIpc) is 2.30. The second-order valence-electron chi connectivity index (χ2n) is 3.77. The van der Waals surface area contributed by atoms with Crippen LogP contribution in [0.25, 0.3) is 0 Å². The molecule has 0 unspecified atom stereocenters. The summed E-state index contributed by atoms with van der Waals surface area (Å²) in [6, 6.07) is 16.6. The first kappa shape index (κ1) is 11.2. The van der Waals surface area contributed by atoms with Crippen molar-refractivity contribution in [3.05, 3.63) is 64.1 Å². The Morgan fingerprint density at radius 3 is 2.44 bits per heavy atom. The number of anilines is 1. The van der Waals surface area contributed by atoms with Crippen LogP contribution in [0.5, 0.6) is 0 Å². The third-order valence-corrected chi connectivity index (χ3v) is 3.19. The van der Waals surface area contributed by atoms with E-state index in [0.29, 0.717) is 0 Å². The van der Waals surface area contributed by atoms with Crippen molar-refractivity contribution >= 4 is 21.6 Å². The lowest BCUT2D eigenvalue weighted by atomic mass is 10.2. The SMILES string of the molecule is Cc1cccc(Br)c1NCc1ccccc1. The van der Waals surface area contributed by atoms with Crippen LogP contribution in [0, 0.1) is 6.92 Å². The van der Waals surface area contributed by atoms with Gasteiger partial charge in [0.2, 0.25) is 0 Å². The minimum absolute atomic E-state index is 0.851. The van der Waals surface area contributed by atoms with E-state index in [2.05, 4.69) is 64.6 Å². The highest BCUT2D eigenvalue weighted by atomic mass is 79.9. The molecule has 0 spiro atoms. The van der Waals surface area contributed by atoms with Crippen LogP contribution in [0.4, 0.5) is 5.69 Å². The van der Waals surface area contributed by atoms with Crippen LogP contribution in [0.2, 0.25) is 0 Å². The summed E-state index contributed by atoms with van der Waals surface area (Å²) < 4.78 is 1.11. The summed E-state index contributed by atoms with van der Waals surface area (Å²) >= 11 is 3.56. The van der Waals surface area contributed by atoms with E-state index in [1.807, 2.05) is 12.1 Å². The smallest absolute Gasteiger partial charge is 0.0516 e. The molecule has 0 aliphatic heterocycles. The van der Waals surface area contributed by atoms with Crippen molar-refractivity contribution in [2.75, 3.05) is 5.32 Å². The fraction of sp³-hybridized carbons (Fsp3) is 0.143. The molecule has 2 heteroatoms. The summed E-state index contributed by atoms with van der Waals surface area (Å²) in [5, 5.41) is 3.45. The molecule has 0 amide bonds. The fourth-order valence-corrected chi connectivity index (χ4v) is 2.25. The van der Waals surface area contributed by atoms with E-state index >= 15 is 0 Å². The predicted molar refractivity (Wildman–Crippen MR) is 72.6 cm³/mol. The molecular formula is C14H14BrN. The number of nitrogens with one attached hydrogen (secondary N) is 1. The van der Waals surface area contributed by atoms with Crippen molar-refractivity contribution < 1.29 is 0 Å². The van der Waals surface area contributed by atoms with Crippen molar-refractivity contribution in [2.45, 2.75) is 13.5 Å². The lowest BCUT2D eigenvalue weighted by Gasteiger charge is -2.11. The van der Waals surface area contributed by atoms with Gasteiger partial charge >= 0.3 is 0 Å². The Balaban J connectivity index is 2.11. The molecule has 2 rings (SSSR count). The Morgan fingerprint density at radius 2 is 1.75 bits per heavy atom. The molecule has 82 valence electrons. The highest BCUT2D eigenvalue weighted by Gasteiger charge is 2.01. The number of halogens is 1.